The van der Waals surface area contributed by atoms with Crippen molar-refractivity contribution in [3.05, 3.63) is 32.8 Å². The zero-order valence-electron chi connectivity index (χ0n) is 10.4. The standard InChI is InChI=1S/C10H4BrClF6N2O3/c11-5-3-4(20(22)23)1-2-6(5)19-7(21)8(12,9(13,14)15)10(16,17)18/h1-3H,(H,19,21). The van der Waals surface area contributed by atoms with Gasteiger partial charge >= 0.3 is 17.2 Å². The zero-order chi connectivity index (χ0) is 18.2. The average Bonchev–Trinajstić information content (AvgIpc) is 2.36. The summed E-state index contributed by atoms with van der Waals surface area (Å²) in [4.78, 5) is 15.9. The Kier molecular flexibility index (Phi) is 5.21. The van der Waals surface area contributed by atoms with Crippen molar-refractivity contribution >= 4 is 44.8 Å². The largest absolute Gasteiger partial charge is 0.425 e. The molecule has 1 N–H and O–H groups in total. The minimum atomic E-state index is -6.12. The second-order valence-electron chi connectivity index (χ2n) is 4.03. The van der Waals surface area contributed by atoms with E-state index in [0.29, 0.717) is 0 Å². The number of anilines is 1. The molecule has 1 rings (SSSR count). The normalized spacial score (nSPS) is 12.9. The lowest BCUT2D eigenvalue weighted by atomic mass is 10.1. The Hall–Kier alpha value is -1.56. The van der Waals surface area contributed by atoms with Gasteiger partial charge in [-0.05, 0) is 22.0 Å². The number of nitrogens with one attached hydrogen (secondary N) is 1. The molecule has 0 spiro atoms. The van der Waals surface area contributed by atoms with E-state index in [9.17, 15) is 41.3 Å². The summed E-state index contributed by atoms with van der Waals surface area (Å²) in [6, 6.07) is 2.31. The maximum Gasteiger partial charge on any atom is 0.425 e. The van der Waals surface area contributed by atoms with Crippen LogP contribution in [0.5, 0.6) is 0 Å². The number of non-ortho nitro benzene ring substituents is 1. The second kappa shape index (κ2) is 6.15. The van der Waals surface area contributed by atoms with E-state index in [4.69, 9.17) is 0 Å². The van der Waals surface area contributed by atoms with E-state index >= 15 is 0 Å². The molecule has 0 heterocycles. The number of nitrogens with zero attached hydrogens (tertiary/aromatic N) is 1. The maximum absolute atomic E-state index is 12.6. The Morgan fingerprint density at radius 1 is 1.17 bits per heavy atom. The first-order valence-corrected chi connectivity index (χ1v) is 6.46. The fourth-order valence-corrected chi connectivity index (χ4v) is 1.86. The lowest BCUT2D eigenvalue weighted by Gasteiger charge is -2.30. The van der Waals surface area contributed by atoms with Gasteiger partial charge in [-0.15, -0.1) is 0 Å². The van der Waals surface area contributed by atoms with E-state index in [2.05, 4.69) is 27.5 Å². The number of benzene rings is 1. The molecule has 0 radical (unpaired) electrons. The smallest absolute Gasteiger partial charge is 0.323 e. The number of hydrogen-bond acceptors (Lipinski definition) is 3. The SMILES string of the molecule is O=C(Nc1ccc([N+](=O)[O-])cc1Br)C(Cl)(C(F)(F)F)C(F)(F)F. The van der Waals surface area contributed by atoms with Gasteiger partial charge in [0.2, 0.25) is 0 Å². The molecule has 1 aromatic carbocycles. The summed E-state index contributed by atoms with van der Waals surface area (Å²) >= 11 is 7.23. The van der Waals surface area contributed by atoms with Crippen molar-refractivity contribution in [3.63, 3.8) is 0 Å². The summed E-state index contributed by atoms with van der Waals surface area (Å²) < 4.78 is 75.4. The number of nitro groups is 1. The van der Waals surface area contributed by atoms with Crippen LogP contribution in [-0.4, -0.2) is 28.1 Å². The summed E-state index contributed by atoms with van der Waals surface area (Å²) in [5.74, 6) is -2.59. The molecule has 13 heteroatoms. The number of nitro benzene ring substituents is 1. The number of carbonyl (C=O) groups excluding carboxylic acids is 1. The van der Waals surface area contributed by atoms with Crippen LogP contribution in [0.25, 0.3) is 0 Å². The van der Waals surface area contributed by atoms with Crippen LogP contribution >= 0.6 is 27.5 Å². The predicted molar refractivity (Wildman–Crippen MR) is 70.1 cm³/mol. The number of hydrogen-bond donors (Lipinski definition) is 1. The van der Waals surface area contributed by atoms with Crippen LogP contribution < -0.4 is 5.32 Å². The molecule has 23 heavy (non-hydrogen) atoms. The van der Waals surface area contributed by atoms with Crippen LogP contribution in [0.2, 0.25) is 0 Å². The highest BCUT2D eigenvalue weighted by atomic mass is 79.9. The van der Waals surface area contributed by atoms with Gasteiger partial charge in [-0.1, -0.05) is 11.6 Å². The summed E-state index contributed by atoms with van der Waals surface area (Å²) in [7, 11) is 0. The number of halogens is 8. The molecule has 0 saturated carbocycles. The number of amides is 1. The van der Waals surface area contributed by atoms with Gasteiger partial charge in [0.25, 0.3) is 11.6 Å². The monoisotopic (exact) mass is 428 g/mol. The van der Waals surface area contributed by atoms with Gasteiger partial charge in [0.05, 0.1) is 10.6 Å². The second-order valence-corrected chi connectivity index (χ2v) is 5.45. The third-order valence-corrected chi connectivity index (χ3v) is 3.76. The third-order valence-electron chi connectivity index (χ3n) is 2.51. The molecule has 0 aliphatic heterocycles. The molecule has 0 aliphatic carbocycles. The molecule has 5 nitrogen and oxygen atoms in total. The highest BCUT2D eigenvalue weighted by molar-refractivity contribution is 9.10. The number of carbonyl (C=O) groups is 1. The van der Waals surface area contributed by atoms with Crippen molar-refractivity contribution in [2.24, 2.45) is 0 Å². The van der Waals surface area contributed by atoms with Gasteiger partial charge < -0.3 is 5.32 Å². The topological polar surface area (TPSA) is 72.2 Å². The Morgan fingerprint density at radius 3 is 2.00 bits per heavy atom. The predicted octanol–water partition coefficient (Wildman–Crippen LogP) is 4.40. The quantitative estimate of drug-likeness (QED) is 0.335. The van der Waals surface area contributed by atoms with Crippen molar-refractivity contribution in [2.75, 3.05) is 5.32 Å². The van der Waals surface area contributed by atoms with Crippen molar-refractivity contribution in [3.8, 4) is 0 Å². The molecule has 0 atom stereocenters. The van der Waals surface area contributed by atoms with Crippen molar-refractivity contribution < 1.29 is 36.1 Å². The van der Waals surface area contributed by atoms with Crippen molar-refractivity contribution in [1.29, 1.82) is 0 Å². The molecule has 0 unspecified atom stereocenters. The molecular formula is C10H4BrClF6N2O3. The first kappa shape index (κ1) is 19.5. The highest BCUT2D eigenvalue weighted by Gasteiger charge is 2.75. The molecular weight excluding hydrogens is 425 g/mol. The maximum atomic E-state index is 12.6. The van der Waals surface area contributed by atoms with E-state index in [1.807, 2.05) is 0 Å². The summed E-state index contributed by atoms with van der Waals surface area (Å²) in [6.07, 6.45) is -12.2. The van der Waals surface area contributed by atoms with Crippen LogP contribution in [0.4, 0.5) is 37.7 Å². The van der Waals surface area contributed by atoms with E-state index < -0.39 is 39.4 Å². The third kappa shape index (κ3) is 3.68. The Morgan fingerprint density at radius 2 is 1.65 bits per heavy atom. The molecule has 0 saturated heterocycles. The van der Waals surface area contributed by atoms with Crippen LogP contribution in [0.3, 0.4) is 0 Å². The highest BCUT2D eigenvalue weighted by Crippen LogP contribution is 2.48. The molecule has 128 valence electrons. The van der Waals surface area contributed by atoms with Crippen LogP contribution in [0.1, 0.15) is 0 Å². The lowest BCUT2D eigenvalue weighted by molar-refractivity contribution is -0.384. The zero-order valence-corrected chi connectivity index (χ0v) is 12.8. The first-order chi connectivity index (χ1) is 10.2. The number of rotatable bonds is 3. The lowest BCUT2D eigenvalue weighted by Crippen LogP contribution is -2.60. The first-order valence-electron chi connectivity index (χ1n) is 5.29. The number of alkyl halides is 7. The Balaban J connectivity index is 3.22. The van der Waals surface area contributed by atoms with Gasteiger partial charge in [0.1, 0.15) is 0 Å². The molecule has 0 bridgehead atoms. The van der Waals surface area contributed by atoms with Crippen LogP contribution in [-0.2, 0) is 4.79 Å². The van der Waals surface area contributed by atoms with E-state index in [1.165, 1.54) is 5.32 Å². The summed E-state index contributed by atoms with van der Waals surface area (Å²) in [5.41, 5.74) is -1.06. The molecule has 1 amide bonds. The fraction of sp³-hybridized carbons (Fsp3) is 0.300. The molecule has 1 aromatic rings. The van der Waals surface area contributed by atoms with E-state index in [0.717, 1.165) is 18.2 Å². The van der Waals surface area contributed by atoms with Gasteiger partial charge in [-0.2, -0.15) is 26.3 Å². The van der Waals surface area contributed by atoms with Gasteiger partial charge in [-0.25, -0.2) is 0 Å². The minimum Gasteiger partial charge on any atom is -0.323 e. The Labute approximate surface area is 136 Å². The van der Waals surface area contributed by atoms with Gasteiger partial charge in [-0.3, -0.25) is 14.9 Å². The van der Waals surface area contributed by atoms with Gasteiger partial charge in [0.15, 0.2) is 0 Å². The summed E-state index contributed by atoms with van der Waals surface area (Å²) in [5, 5.41) is 11.8. The van der Waals surface area contributed by atoms with Gasteiger partial charge in [0, 0.05) is 16.6 Å². The summed E-state index contributed by atoms with van der Waals surface area (Å²) in [6.45, 7) is 0. The fourth-order valence-electron chi connectivity index (χ4n) is 1.35. The van der Waals surface area contributed by atoms with Crippen molar-refractivity contribution in [1.82, 2.24) is 0 Å². The molecule has 0 fully saturated rings. The van der Waals surface area contributed by atoms with E-state index in [-0.39, 0.29) is 4.47 Å². The average molecular weight is 429 g/mol. The van der Waals surface area contributed by atoms with Crippen LogP contribution in [0, 0.1) is 10.1 Å². The molecule has 0 aliphatic rings. The Bertz CT molecular complexity index is 634. The minimum absolute atomic E-state index is 0.302. The van der Waals surface area contributed by atoms with E-state index in [1.54, 1.807) is 0 Å². The van der Waals surface area contributed by atoms with Crippen molar-refractivity contribution in [2.45, 2.75) is 17.2 Å². The van der Waals surface area contributed by atoms with Crippen LogP contribution in [0.15, 0.2) is 22.7 Å². The molecule has 0 aromatic heterocycles.